The number of aliphatic carboxylic acids is 1. The third-order valence-corrected chi connectivity index (χ3v) is 8.72. The lowest BCUT2D eigenvalue weighted by Crippen LogP contribution is -2.31. The molecule has 1 aromatic heterocycles. The van der Waals surface area contributed by atoms with Crippen molar-refractivity contribution in [3.63, 3.8) is 0 Å². The molecule has 1 aliphatic rings. The fourth-order valence-electron chi connectivity index (χ4n) is 5.26. The highest BCUT2D eigenvalue weighted by Crippen LogP contribution is 2.40. The van der Waals surface area contributed by atoms with Gasteiger partial charge in [0.25, 0.3) is 0 Å². The second-order valence-corrected chi connectivity index (χ2v) is 11.4. The summed E-state index contributed by atoms with van der Waals surface area (Å²) in [5.41, 5.74) is 11.0. The van der Waals surface area contributed by atoms with Crippen molar-refractivity contribution in [2.45, 2.75) is 44.7 Å². The SMILES string of the molecule is COc1cc(Cc2c(-c3ccc(NC(=O)CC[C@H](N)C(=O)O)cc3)sc3ccccc23)ccc1CN1CCCC1. The van der Waals surface area contributed by atoms with Gasteiger partial charge in [0, 0.05) is 33.8 Å². The number of amides is 1. The number of fused-ring (bicyclic) bond motifs is 1. The van der Waals surface area contributed by atoms with Gasteiger partial charge in [0.1, 0.15) is 11.8 Å². The highest BCUT2D eigenvalue weighted by atomic mass is 32.1. The molecule has 7 nitrogen and oxygen atoms in total. The predicted molar refractivity (Wildman–Crippen MR) is 161 cm³/mol. The quantitative estimate of drug-likeness (QED) is 0.212. The van der Waals surface area contributed by atoms with Crippen LogP contribution in [0.5, 0.6) is 5.75 Å². The summed E-state index contributed by atoms with van der Waals surface area (Å²) in [4.78, 5) is 26.9. The summed E-state index contributed by atoms with van der Waals surface area (Å²) in [5.74, 6) is -0.420. The number of ether oxygens (including phenoxy) is 1. The molecular weight excluding hydrogens is 522 g/mol. The van der Waals surface area contributed by atoms with Crippen LogP contribution in [0, 0.1) is 0 Å². The smallest absolute Gasteiger partial charge is 0.320 e. The highest BCUT2D eigenvalue weighted by Gasteiger charge is 2.18. The first-order chi connectivity index (χ1) is 19.4. The molecule has 1 atom stereocenters. The summed E-state index contributed by atoms with van der Waals surface area (Å²) in [6.07, 6.45) is 3.46. The number of nitrogens with zero attached hydrogens (tertiary/aromatic N) is 1. The third kappa shape index (κ3) is 6.53. The topological polar surface area (TPSA) is 105 Å². The first-order valence-corrected chi connectivity index (χ1v) is 14.5. The van der Waals surface area contributed by atoms with Gasteiger partial charge in [-0.15, -0.1) is 11.3 Å². The lowest BCUT2D eigenvalue weighted by molar-refractivity contribution is -0.138. The molecule has 1 amide bonds. The van der Waals surface area contributed by atoms with Crippen molar-refractivity contribution in [3.05, 3.63) is 83.4 Å². The minimum absolute atomic E-state index is 0.0516. The number of nitrogens with two attached hydrogens (primary N) is 1. The standard InChI is InChI=1S/C32H35N3O4S/c1-39-28-19-21(8-9-23(28)20-35-16-4-5-17-35)18-26-25-6-2-3-7-29(25)40-31(26)22-10-12-24(13-11-22)34-30(36)15-14-27(33)32(37)38/h2-3,6-13,19,27H,4-5,14-18,20,33H2,1H3,(H,34,36)(H,37,38)/t27-/m0/s1. The van der Waals surface area contributed by atoms with Crippen molar-refractivity contribution in [3.8, 4) is 16.2 Å². The van der Waals surface area contributed by atoms with Gasteiger partial charge in [-0.3, -0.25) is 14.5 Å². The van der Waals surface area contributed by atoms with E-state index in [1.165, 1.54) is 44.5 Å². The monoisotopic (exact) mass is 557 g/mol. The summed E-state index contributed by atoms with van der Waals surface area (Å²) in [7, 11) is 1.75. The molecule has 0 bridgehead atoms. The summed E-state index contributed by atoms with van der Waals surface area (Å²) in [6.45, 7) is 3.22. The van der Waals surface area contributed by atoms with Gasteiger partial charge in [-0.05, 0) is 85.1 Å². The molecule has 1 saturated heterocycles. The third-order valence-electron chi connectivity index (χ3n) is 7.45. The highest BCUT2D eigenvalue weighted by molar-refractivity contribution is 7.22. The first kappa shape index (κ1) is 27.8. The predicted octanol–water partition coefficient (Wildman–Crippen LogP) is 5.89. The molecule has 4 N–H and O–H groups in total. The zero-order valence-corrected chi connectivity index (χ0v) is 23.5. The molecule has 2 heterocycles. The van der Waals surface area contributed by atoms with E-state index in [0.29, 0.717) is 5.69 Å². The van der Waals surface area contributed by atoms with E-state index in [1.807, 2.05) is 24.3 Å². The van der Waals surface area contributed by atoms with Crippen LogP contribution < -0.4 is 15.8 Å². The molecule has 5 rings (SSSR count). The van der Waals surface area contributed by atoms with Gasteiger partial charge in [0.2, 0.25) is 5.91 Å². The van der Waals surface area contributed by atoms with Crippen LogP contribution >= 0.6 is 11.3 Å². The number of carbonyl (C=O) groups excluding carboxylic acids is 1. The maximum atomic E-state index is 12.3. The molecule has 40 heavy (non-hydrogen) atoms. The van der Waals surface area contributed by atoms with Crippen LogP contribution in [0.1, 0.15) is 42.4 Å². The Bertz CT molecular complexity index is 1490. The number of carboxylic acids is 1. The van der Waals surface area contributed by atoms with E-state index in [0.717, 1.165) is 37.4 Å². The van der Waals surface area contributed by atoms with Crippen molar-refractivity contribution in [2.75, 3.05) is 25.5 Å². The van der Waals surface area contributed by atoms with E-state index < -0.39 is 12.0 Å². The average Bonchev–Trinajstić information content (AvgIpc) is 3.61. The average molecular weight is 558 g/mol. The van der Waals surface area contributed by atoms with Crippen LogP contribution in [0.15, 0.2) is 66.7 Å². The zero-order valence-electron chi connectivity index (χ0n) is 22.7. The van der Waals surface area contributed by atoms with Crippen molar-refractivity contribution >= 4 is 39.0 Å². The van der Waals surface area contributed by atoms with E-state index in [9.17, 15) is 9.59 Å². The molecule has 208 valence electrons. The molecule has 0 spiro atoms. The summed E-state index contributed by atoms with van der Waals surface area (Å²) in [6, 6.07) is 21.9. The summed E-state index contributed by atoms with van der Waals surface area (Å²) >= 11 is 1.77. The van der Waals surface area contributed by atoms with Crippen molar-refractivity contribution in [1.82, 2.24) is 4.90 Å². The van der Waals surface area contributed by atoms with Crippen LogP contribution in [-0.2, 0) is 22.6 Å². The molecular formula is C32H35N3O4S. The van der Waals surface area contributed by atoms with Crippen LogP contribution in [-0.4, -0.2) is 48.1 Å². The van der Waals surface area contributed by atoms with E-state index in [2.05, 4.69) is 52.7 Å². The minimum Gasteiger partial charge on any atom is -0.496 e. The number of carboxylic acid groups (broad SMARTS) is 1. The number of hydrogen-bond donors (Lipinski definition) is 3. The molecule has 0 radical (unpaired) electrons. The van der Waals surface area contributed by atoms with Gasteiger partial charge in [-0.25, -0.2) is 0 Å². The molecule has 0 aliphatic carbocycles. The number of likely N-dealkylation sites (tertiary alicyclic amines) is 1. The van der Waals surface area contributed by atoms with Gasteiger partial charge in [-0.1, -0.05) is 42.5 Å². The Morgan fingerprint density at radius 1 is 1.07 bits per heavy atom. The molecule has 0 unspecified atom stereocenters. The molecule has 0 saturated carbocycles. The minimum atomic E-state index is -1.10. The number of nitrogens with one attached hydrogen (secondary N) is 1. The van der Waals surface area contributed by atoms with Crippen LogP contribution in [0.3, 0.4) is 0 Å². The second-order valence-electron chi connectivity index (χ2n) is 10.3. The van der Waals surface area contributed by atoms with Gasteiger partial charge in [0.15, 0.2) is 0 Å². The normalized spacial score (nSPS) is 14.3. The number of benzene rings is 3. The Kier molecular flexibility index (Phi) is 8.79. The zero-order chi connectivity index (χ0) is 28.1. The van der Waals surface area contributed by atoms with Crippen molar-refractivity contribution < 1.29 is 19.4 Å². The Hall–Kier alpha value is -3.72. The fraction of sp³-hybridized carbons (Fsp3) is 0.312. The molecule has 8 heteroatoms. The largest absolute Gasteiger partial charge is 0.496 e. The van der Waals surface area contributed by atoms with Gasteiger partial charge >= 0.3 is 5.97 Å². The van der Waals surface area contributed by atoms with Gasteiger partial charge in [0.05, 0.1) is 7.11 Å². The Morgan fingerprint density at radius 3 is 2.55 bits per heavy atom. The summed E-state index contributed by atoms with van der Waals surface area (Å²) in [5, 5.41) is 13.0. The molecule has 3 aromatic carbocycles. The van der Waals surface area contributed by atoms with Crippen molar-refractivity contribution in [1.29, 1.82) is 0 Å². The lowest BCUT2D eigenvalue weighted by atomic mass is 9.97. The van der Waals surface area contributed by atoms with E-state index >= 15 is 0 Å². The summed E-state index contributed by atoms with van der Waals surface area (Å²) < 4.78 is 7.04. The Morgan fingerprint density at radius 2 is 1.82 bits per heavy atom. The van der Waals surface area contributed by atoms with Crippen LogP contribution in [0.4, 0.5) is 5.69 Å². The lowest BCUT2D eigenvalue weighted by Gasteiger charge is -2.18. The van der Waals surface area contributed by atoms with Gasteiger partial charge in [-0.2, -0.15) is 0 Å². The Labute approximate surface area is 238 Å². The number of rotatable bonds is 11. The second kappa shape index (κ2) is 12.6. The van der Waals surface area contributed by atoms with E-state index in [4.69, 9.17) is 15.6 Å². The fourth-order valence-corrected chi connectivity index (χ4v) is 6.49. The van der Waals surface area contributed by atoms with E-state index in [-0.39, 0.29) is 18.7 Å². The number of hydrogen-bond acceptors (Lipinski definition) is 6. The maximum Gasteiger partial charge on any atom is 0.320 e. The molecule has 1 fully saturated rings. The first-order valence-electron chi connectivity index (χ1n) is 13.7. The Balaban J connectivity index is 1.36. The number of carbonyl (C=O) groups is 2. The maximum absolute atomic E-state index is 12.3. The molecule has 1 aliphatic heterocycles. The number of methoxy groups -OCH3 is 1. The molecule has 4 aromatic rings. The number of thiophene rings is 1. The van der Waals surface area contributed by atoms with Crippen molar-refractivity contribution in [2.24, 2.45) is 5.73 Å². The van der Waals surface area contributed by atoms with Gasteiger partial charge < -0.3 is 20.9 Å². The van der Waals surface area contributed by atoms with Crippen LogP contribution in [0.25, 0.3) is 20.5 Å². The van der Waals surface area contributed by atoms with E-state index in [1.54, 1.807) is 18.4 Å². The number of anilines is 1. The van der Waals surface area contributed by atoms with Crippen LogP contribution in [0.2, 0.25) is 0 Å².